The molecule has 33 heavy (non-hydrogen) atoms. The first-order valence-electron chi connectivity index (χ1n) is 9.61. The van der Waals surface area contributed by atoms with Crippen molar-refractivity contribution in [1.29, 1.82) is 0 Å². The molecule has 0 aliphatic rings. The molecule has 0 bridgehead atoms. The summed E-state index contributed by atoms with van der Waals surface area (Å²) in [7, 11) is 0. The van der Waals surface area contributed by atoms with Gasteiger partial charge >= 0.3 is 0 Å². The first-order chi connectivity index (χ1) is 15.9. The van der Waals surface area contributed by atoms with Crippen LogP contribution in [0.3, 0.4) is 0 Å². The molecule has 2 heterocycles. The van der Waals surface area contributed by atoms with Gasteiger partial charge in [-0.15, -0.1) is 5.10 Å². The lowest BCUT2D eigenvalue weighted by Crippen LogP contribution is -1.97. The number of anilines is 2. The second-order valence-corrected chi connectivity index (χ2v) is 8.40. The summed E-state index contributed by atoms with van der Waals surface area (Å²) in [6, 6.07) is 15.7. The van der Waals surface area contributed by atoms with Gasteiger partial charge in [-0.1, -0.05) is 11.3 Å². The van der Waals surface area contributed by atoms with E-state index in [4.69, 9.17) is 0 Å². The second-order valence-electron chi connectivity index (χ2n) is 7.16. The van der Waals surface area contributed by atoms with E-state index >= 15 is 0 Å². The molecular weight excluding hydrogens is 546 g/mol. The molecule has 0 fully saturated rings. The molecule has 164 valence electrons. The van der Waals surface area contributed by atoms with Gasteiger partial charge in [0, 0.05) is 32.5 Å². The number of hydrogen-bond acceptors (Lipinski definition) is 5. The van der Waals surface area contributed by atoms with Crippen LogP contribution in [0.4, 0.5) is 24.5 Å². The van der Waals surface area contributed by atoms with Crippen molar-refractivity contribution in [2.75, 3.05) is 5.32 Å². The van der Waals surface area contributed by atoms with Crippen molar-refractivity contribution < 1.29 is 18.3 Å². The molecule has 5 rings (SSSR count). The molecule has 0 spiro atoms. The zero-order valence-electron chi connectivity index (χ0n) is 16.6. The molecule has 0 amide bonds. The molecule has 0 aliphatic carbocycles. The maximum absolute atomic E-state index is 13.7. The molecule has 0 aliphatic heterocycles. The van der Waals surface area contributed by atoms with Crippen molar-refractivity contribution in [2.45, 2.75) is 0 Å². The van der Waals surface area contributed by atoms with Gasteiger partial charge in [0.2, 0.25) is 0 Å². The normalized spacial score (nSPS) is 11.2. The highest BCUT2D eigenvalue weighted by molar-refractivity contribution is 14.1. The van der Waals surface area contributed by atoms with Crippen LogP contribution in [0.2, 0.25) is 0 Å². The minimum Gasteiger partial charge on any atom is -0.503 e. The van der Waals surface area contributed by atoms with E-state index < -0.39 is 17.4 Å². The van der Waals surface area contributed by atoms with Crippen LogP contribution in [0, 0.1) is 21.0 Å². The molecule has 5 aromatic rings. The van der Waals surface area contributed by atoms with Crippen molar-refractivity contribution >= 4 is 44.9 Å². The van der Waals surface area contributed by atoms with Gasteiger partial charge in [-0.3, -0.25) is 0 Å². The van der Waals surface area contributed by atoms with E-state index in [2.05, 4.69) is 43.2 Å². The summed E-state index contributed by atoms with van der Waals surface area (Å²) in [6.07, 6.45) is 1.48. The lowest BCUT2D eigenvalue weighted by molar-refractivity contribution is 0.395. The third-order valence-electron chi connectivity index (χ3n) is 4.90. The van der Waals surface area contributed by atoms with Crippen LogP contribution in [-0.2, 0) is 0 Å². The fourth-order valence-corrected chi connectivity index (χ4v) is 4.01. The Hall–Kier alpha value is -3.67. The molecule has 6 nitrogen and oxygen atoms in total. The molecule has 0 saturated carbocycles. The Morgan fingerprint density at radius 2 is 1.70 bits per heavy atom. The number of fused-ring (bicyclic) bond motifs is 1. The van der Waals surface area contributed by atoms with Crippen LogP contribution < -0.4 is 5.32 Å². The smallest absolute Gasteiger partial charge is 0.187 e. The highest BCUT2D eigenvalue weighted by Gasteiger charge is 2.14. The van der Waals surface area contributed by atoms with Gasteiger partial charge in [-0.25, -0.2) is 22.8 Å². The van der Waals surface area contributed by atoms with Crippen LogP contribution in [0.1, 0.15) is 0 Å². The van der Waals surface area contributed by atoms with Gasteiger partial charge in [-0.2, -0.15) is 0 Å². The number of benzene rings is 3. The minimum atomic E-state index is -1.10. The number of phenols is 1. The van der Waals surface area contributed by atoms with Crippen molar-refractivity contribution in [3.63, 3.8) is 0 Å². The van der Waals surface area contributed by atoms with Crippen molar-refractivity contribution in [3.8, 4) is 22.8 Å². The van der Waals surface area contributed by atoms with Crippen LogP contribution in [0.15, 0.2) is 66.9 Å². The number of pyridine rings is 1. The van der Waals surface area contributed by atoms with E-state index in [1.54, 1.807) is 6.07 Å². The number of rotatable bonds is 4. The van der Waals surface area contributed by atoms with E-state index in [1.165, 1.54) is 23.0 Å². The first kappa shape index (κ1) is 21.2. The van der Waals surface area contributed by atoms with E-state index in [1.807, 2.05) is 30.3 Å². The van der Waals surface area contributed by atoms with Gasteiger partial charge in [0.15, 0.2) is 17.4 Å². The maximum atomic E-state index is 13.7. The van der Waals surface area contributed by atoms with Crippen LogP contribution in [0.25, 0.3) is 28.0 Å². The quantitative estimate of drug-likeness (QED) is 0.266. The van der Waals surface area contributed by atoms with Gasteiger partial charge in [0.25, 0.3) is 0 Å². The zero-order valence-corrected chi connectivity index (χ0v) is 18.8. The molecule has 0 unspecified atom stereocenters. The molecule has 2 aromatic heterocycles. The average molecular weight is 559 g/mol. The number of aromatic hydroxyl groups is 1. The van der Waals surface area contributed by atoms with Gasteiger partial charge < -0.3 is 10.4 Å². The standard InChI is InChI=1S/C23H13F3IN5O/c24-12-6-13(27)8-14(7-12)28-19-2-1-3-20-16(19)4-5-21(29-20)22-11-32(31-30-22)15-9-17(25)23(33)18(26)10-15/h1-11,28,33H. The Morgan fingerprint density at radius 3 is 2.45 bits per heavy atom. The molecule has 0 saturated heterocycles. The summed E-state index contributed by atoms with van der Waals surface area (Å²) >= 11 is 2.05. The number of halogens is 4. The topological polar surface area (TPSA) is 75.9 Å². The van der Waals surface area contributed by atoms with Crippen molar-refractivity contribution in [2.24, 2.45) is 0 Å². The average Bonchev–Trinajstić information content (AvgIpc) is 3.27. The zero-order chi connectivity index (χ0) is 23.1. The highest BCUT2D eigenvalue weighted by atomic mass is 127. The number of aromatic nitrogens is 4. The van der Waals surface area contributed by atoms with E-state index in [0.717, 1.165) is 26.8 Å². The minimum absolute atomic E-state index is 0.0681. The van der Waals surface area contributed by atoms with Crippen LogP contribution in [-0.4, -0.2) is 25.1 Å². The summed E-state index contributed by atoms with van der Waals surface area (Å²) in [6.45, 7) is 0. The molecule has 10 heteroatoms. The highest BCUT2D eigenvalue weighted by Crippen LogP contribution is 2.29. The van der Waals surface area contributed by atoms with Gasteiger partial charge in [0.1, 0.15) is 11.5 Å². The molecule has 0 atom stereocenters. The fraction of sp³-hybridized carbons (Fsp3) is 0. The summed E-state index contributed by atoms with van der Waals surface area (Å²) in [5, 5.41) is 21.3. The Balaban J connectivity index is 1.48. The molecular formula is C23H13F3IN5O. The van der Waals surface area contributed by atoms with E-state index in [0.29, 0.717) is 22.6 Å². The summed E-state index contributed by atoms with van der Waals surface area (Å²) in [5.74, 6) is -3.58. The Kier molecular flexibility index (Phi) is 5.36. The Morgan fingerprint density at radius 1 is 0.909 bits per heavy atom. The number of phenolic OH excluding ortho intramolecular Hbond substituents is 1. The third kappa shape index (κ3) is 4.21. The maximum Gasteiger partial charge on any atom is 0.187 e. The third-order valence-corrected chi connectivity index (χ3v) is 5.52. The Bertz CT molecular complexity index is 1480. The SMILES string of the molecule is Oc1c(F)cc(-n2cc(-c3ccc4c(Nc5cc(F)cc(I)c5)cccc4n3)nn2)cc1F. The van der Waals surface area contributed by atoms with E-state index in [-0.39, 0.29) is 11.5 Å². The first-order valence-corrected chi connectivity index (χ1v) is 10.7. The van der Waals surface area contributed by atoms with Crippen LogP contribution in [0.5, 0.6) is 5.75 Å². The summed E-state index contributed by atoms with van der Waals surface area (Å²) in [5.41, 5.74) is 3.01. The predicted molar refractivity (Wildman–Crippen MR) is 126 cm³/mol. The Labute approximate surface area is 198 Å². The monoisotopic (exact) mass is 559 g/mol. The van der Waals surface area contributed by atoms with Crippen molar-refractivity contribution in [1.82, 2.24) is 20.0 Å². The summed E-state index contributed by atoms with van der Waals surface area (Å²) in [4.78, 5) is 4.62. The molecule has 0 radical (unpaired) electrons. The molecule has 2 N–H and O–H groups in total. The number of hydrogen-bond donors (Lipinski definition) is 2. The van der Waals surface area contributed by atoms with E-state index in [9.17, 15) is 18.3 Å². The largest absolute Gasteiger partial charge is 0.503 e. The number of nitrogens with one attached hydrogen (secondary N) is 1. The predicted octanol–water partition coefficient (Wildman–Crippen LogP) is 5.95. The fourth-order valence-electron chi connectivity index (χ4n) is 3.38. The van der Waals surface area contributed by atoms with Crippen molar-refractivity contribution in [3.05, 3.63) is 87.9 Å². The lowest BCUT2D eigenvalue weighted by atomic mass is 10.1. The van der Waals surface area contributed by atoms with Crippen LogP contribution >= 0.6 is 22.6 Å². The second kappa shape index (κ2) is 8.35. The van der Waals surface area contributed by atoms with Gasteiger partial charge in [-0.05, 0) is 65.1 Å². The number of nitrogens with zero attached hydrogens (tertiary/aromatic N) is 4. The van der Waals surface area contributed by atoms with Gasteiger partial charge in [0.05, 0.1) is 23.1 Å². The molecule has 3 aromatic carbocycles. The summed E-state index contributed by atoms with van der Waals surface area (Å²) < 4.78 is 43.1. The lowest BCUT2D eigenvalue weighted by Gasteiger charge is -2.11.